The van der Waals surface area contributed by atoms with Gasteiger partial charge in [-0.3, -0.25) is 0 Å². The maximum absolute atomic E-state index is 3.61. The fourth-order valence-electron chi connectivity index (χ4n) is 0.858. The third-order valence-corrected chi connectivity index (χ3v) is 1.26. The molecule has 0 aromatic heterocycles. The summed E-state index contributed by atoms with van der Waals surface area (Å²) >= 11 is 0. The molecule has 0 saturated heterocycles. The van der Waals surface area contributed by atoms with E-state index in [1.54, 1.807) is 0 Å². The first kappa shape index (κ1) is 5.36. The molecule has 0 radical (unpaired) electrons. The lowest BCUT2D eigenvalue weighted by atomic mass is 10.2. The van der Waals surface area contributed by atoms with Crippen molar-refractivity contribution in [2.45, 2.75) is 12.8 Å². The minimum absolute atomic E-state index is 1.20. The van der Waals surface area contributed by atoms with Gasteiger partial charge in [0.2, 0.25) is 0 Å². The van der Waals surface area contributed by atoms with Crippen LogP contribution in [0.1, 0.15) is 12.8 Å². The van der Waals surface area contributed by atoms with Gasteiger partial charge in [-0.05, 0) is 18.4 Å². The van der Waals surface area contributed by atoms with Crippen molar-refractivity contribution in [2.24, 2.45) is 0 Å². The lowest BCUT2D eigenvalue weighted by Crippen LogP contribution is -1.65. The highest BCUT2D eigenvalue weighted by atomic mass is 14.0. The molecule has 0 fully saturated rings. The molecule has 0 atom stereocenters. The summed E-state index contributed by atoms with van der Waals surface area (Å²) in [6.45, 7) is 3.61. The molecular weight excluding hydrogens is 96.1 g/mol. The molecule has 0 unspecified atom stereocenters. The van der Waals surface area contributed by atoms with Crippen molar-refractivity contribution in [3.05, 3.63) is 36.5 Å². The van der Waals surface area contributed by atoms with Crippen LogP contribution >= 0.6 is 0 Å². The summed E-state index contributed by atoms with van der Waals surface area (Å²) in [5.41, 5.74) is 1.40. The quantitative estimate of drug-likeness (QED) is 0.481. The summed E-state index contributed by atoms with van der Waals surface area (Å²) < 4.78 is 0. The Balaban J connectivity index is 2.58. The van der Waals surface area contributed by atoms with Crippen molar-refractivity contribution in [3.63, 3.8) is 0 Å². The highest BCUT2D eigenvalue weighted by Crippen LogP contribution is 2.14. The Morgan fingerprint density at radius 1 is 1.62 bits per heavy atom. The van der Waals surface area contributed by atoms with E-state index in [4.69, 9.17) is 0 Å². The van der Waals surface area contributed by atoms with Gasteiger partial charge in [-0.1, -0.05) is 30.9 Å². The highest BCUT2D eigenvalue weighted by molar-refractivity contribution is 5.27. The van der Waals surface area contributed by atoms with Gasteiger partial charge >= 0.3 is 0 Å². The van der Waals surface area contributed by atoms with Gasteiger partial charge in [0.05, 0.1) is 0 Å². The predicted molar refractivity (Wildman–Crippen MR) is 36.7 cm³/mol. The molecule has 1 aliphatic carbocycles. The summed E-state index contributed by atoms with van der Waals surface area (Å²) in [6.07, 6.45) is 10.6. The van der Waals surface area contributed by atoms with E-state index < -0.39 is 0 Å². The maximum Gasteiger partial charge on any atom is -0.0244 e. The van der Waals surface area contributed by atoms with Crippen LogP contribution in [0.5, 0.6) is 0 Å². The second-order valence-corrected chi connectivity index (χ2v) is 1.92. The zero-order chi connectivity index (χ0) is 5.82. The van der Waals surface area contributed by atoms with Crippen LogP contribution in [0.25, 0.3) is 0 Å². The molecule has 0 nitrogen and oxygen atoms in total. The Kier molecular flexibility index (Phi) is 1.68. The second-order valence-electron chi connectivity index (χ2n) is 1.92. The normalized spacial score (nSPS) is 22.2. The zero-order valence-electron chi connectivity index (χ0n) is 4.93. The largest absolute Gasteiger partial charge is 0.0991 e. The first-order valence-electron chi connectivity index (χ1n) is 2.91. The van der Waals surface area contributed by atoms with Crippen LogP contribution in [0.15, 0.2) is 36.5 Å². The molecule has 0 saturated carbocycles. The van der Waals surface area contributed by atoms with Crippen molar-refractivity contribution in [1.29, 1.82) is 0 Å². The Morgan fingerprint density at radius 3 is 3.00 bits per heavy atom. The van der Waals surface area contributed by atoms with Gasteiger partial charge in [0, 0.05) is 0 Å². The van der Waals surface area contributed by atoms with Crippen molar-refractivity contribution in [3.8, 4) is 0 Å². The van der Waals surface area contributed by atoms with Crippen molar-refractivity contribution in [1.82, 2.24) is 0 Å². The van der Waals surface area contributed by atoms with Gasteiger partial charge in [0.1, 0.15) is 0 Å². The summed E-state index contributed by atoms with van der Waals surface area (Å²) in [4.78, 5) is 0. The van der Waals surface area contributed by atoms with Gasteiger partial charge in [-0.15, -0.1) is 0 Å². The SMILES string of the molecule is C=CC=C1C=CCC1. The molecule has 0 spiro atoms. The Bertz CT molecular complexity index is 138. The van der Waals surface area contributed by atoms with Crippen molar-refractivity contribution < 1.29 is 0 Å². The van der Waals surface area contributed by atoms with Crippen LogP contribution in [0.4, 0.5) is 0 Å². The number of rotatable bonds is 1. The van der Waals surface area contributed by atoms with Gasteiger partial charge in [-0.25, -0.2) is 0 Å². The lowest BCUT2D eigenvalue weighted by Gasteiger charge is -1.85. The summed E-state index contributed by atoms with van der Waals surface area (Å²) in [5, 5.41) is 0. The standard InChI is InChI=1S/C8H10/c1-2-5-8-6-3-4-7-8/h2-3,5-6H,1,4,7H2. The van der Waals surface area contributed by atoms with E-state index in [-0.39, 0.29) is 0 Å². The lowest BCUT2D eigenvalue weighted by molar-refractivity contribution is 1.06. The molecule has 42 valence electrons. The summed E-state index contributed by atoms with van der Waals surface area (Å²) in [7, 11) is 0. The van der Waals surface area contributed by atoms with Crippen molar-refractivity contribution >= 4 is 0 Å². The van der Waals surface area contributed by atoms with Crippen molar-refractivity contribution in [2.75, 3.05) is 0 Å². The number of hydrogen-bond acceptors (Lipinski definition) is 0. The van der Waals surface area contributed by atoms with E-state index in [1.807, 2.05) is 6.08 Å². The average Bonchev–Trinajstić information content (AvgIpc) is 2.19. The molecule has 0 heterocycles. The molecule has 0 aromatic rings. The fraction of sp³-hybridized carbons (Fsp3) is 0.250. The van der Waals surface area contributed by atoms with Crippen LogP contribution in [0.3, 0.4) is 0 Å². The van der Waals surface area contributed by atoms with E-state index in [1.165, 1.54) is 18.4 Å². The minimum Gasteiger partial charge on any atom is -0.0991 e. The predicted octanol–water partition coefficient (Wildman–Crippen LogP) is 2.45. The second kappa shape index (κ2) is 2.51. The molecule has 0 N–H and O–H groups in total. The van der Waals surface area contributed by atoms with E-state index in [0.717, 1.165) is 0 Å². The molecule has 1 rings (SSSR count). The van der Waals surface area contributed by atoms with E-state index in [2.05, 4.69) is 24.8 Å². The molecule has 0 bridgehead atoms. The highest BCUT2D eigenvalue weighted by Gasteiger charge is 1.94. The molecule has 1 aliphatic rings. The summed E-state index contributed by atoms with van der Waals surface area (Å²) in [6, 6.07) is 0. The molecule has 0 aliphatic heterocycles. The Hall–Kier alpha value is -0.780. The van der Waals surface area contributed by atoms with Crippen LogP contribution in [0, 0.1) is 0 Å². The van der Waals surface area contributed by atoms with E-state index in [0.29, 0.717) is 0 Å². The zero-order valence-corrected chi connectivity index (χ0v) is 4.93. The van der Waals surface area contributed by atoms with Gasteiger partial charge in [0.25, 0.3) is 0 Å². The molecule has 8 heavy (non-hydrogen) atoms. The van der Waals surface area contributed by atoms with Crippen LogP contribution in [-0.2, 0) is 0 Å². The average molecular weight is 106 g/mol. The maximum atomic E-state index is 3.61. The van der Waals surface area contributed by atoms with Gasteiger partial charge in [0.15, 0.2) is 0 Å². The minimum atomic E-state index is 1.20. The molecular formula is C8H10. The Labute approximate surface area is 50.2 Å². The molecule has 0 heteroatoms. The Morgan fingerprint density at radius 2 is 2.50 bits per heavy atom. The third-order valence-electron chi connectivity index (χ3n) is 1.26. The molecule has 0 amide bonds. The van der Waals surface area contributed by atoms with Crippen LogP contribution in [-0.4, -0.2) is 0 Å². The van der Waals surface area contributed by atoms with E-state index in [9.17, 15) is 0 Å². The van der Waals surface area contributed by atoms with Crippen LogP contribution < -0.4 is 0 Å². The molecule has 0 aromatic carbocycles. The topological polar surface area (TPSA) is 0 Å². The smallest absolute Gasteiger partial charge is 0.0244 e. The first-order chi connectivity index (χ1) is 3.93. The number of hydrogen-bond donors (Lipinski definition) is 0. The third kappa shape index (κ3) is 1.09. The van der Waals surface area contributed by atoms with Gasteiger partial charge < -0.3 is 0 Å². The first-order valence-corrected chi connectivity index (χ1v) is 2.91. The fourth-order valence-corrected chi connectivity index (χ4v) is 0.858. The van der Waals surface area contributed by atoms with Gasteiger partial charge in [-0.2, -0.15) is 0 Å². The number of allylic oxidation sites excluding steroid dienone is 5. The van der Waals surface area contributed by atoms with E-state index >= 15 is 0 Å². The van der Waals surface area contributed by atoms with Crippen LogP contribution in [0.2, 0.25) is 0 Å². The summed E-state index contributed by atoms with van der Waals surface area (Å²) in [5.74, 6) is 0. The monoisotopic (exact) mass is 106 g/mol.